The molecule has 2 rings (SSSR count). The number of ether oxygens (including phenoxy) is 2. The molecule has 1 aromatic heterocycles. The van der Waals surface area contributed by atoms with Gasteiger partial charge in [-0.3, -0.25) is 0 Å². The Morgan fingerprint density at radius 2 is 1.90 bits per heavy atom. The molecule has 21 heavy (non-hydrogen) atoms. The van der Waals surface area contributed by atoms with E-state index in [-0.39, 0.29) is 0 Å². The van der Waals surface area contributed by atoms with Gasteiger partial charge in [0.25, 0.3) is 0 Å². The van der Waals surface area contributed by atoms with Crippen LogP contribution in [0.5, 0.6) is 5.75 Å². The molecule has 1 heterocycles. The maximum Gasteiger partial charge on any atom is 0.221 e. The van der Waals surface area contributed by atoms with Crippen molar-refractivity contribution in [2.24, 2.45) is 4.99 Å². The third-order valence-corrected chi connectivity index (χ3v) is 3.60. The molecule has 0 aliphatic rings. The van der Waals surface area contributed by atoms with Gasteiger partial charge < -0.3 is 9.47 Å². The van der Waals surface area contributed by atoms with Crippen molar-refractivity contribution < 1.29 is 14.5 Å². The fourth-order valence-electron chi connectivity index (χ4n) is 2.36. The molecule has 0 saturated carbocycles. The van der Waals surface area contributed by atoms with Crippen LogP contribution >= 0.6 is 0 Å². The lowest BCUT2D eigenvalue weighted by atomic mass is 9.97. The molecular weight excluding hydrogens is 264 g/mol. The number of aromatic amines is 1. The molecule has 0 saturated heterocycles. The molecule has 110 valence electrons. The van der Waals surface area contributed by atoms with Crippen molar-refractivity contribution in [2.45, 2.75) is 20.8 Å². The predicted molar refractivity (Wildman–Crippen MR) is 83.4 cm³/mol. The van der Waals surface area contributed by atoms with Gasteiger partial charge in [-0.05, 0) is 49.6 Å². The Morgan fingerprint density at radius 1 is 1.14 bits per heavy atom. The Kier molecular flexibility index (Phi) is 4.58. The first-order chi connectivity index (χ1) is 10.1. The van der Waals surface area contributed by atoms with Crippen molar-refractivity contribution in [3.8, 4) is 5.75 Å². The zero-order valence-corrected chi connectivity index (χ0v) is 13.2. The first kappa shape index (κ1) is 15.0. The van der Waals surface area contributed by atoms with Crippen LogP contribution in [0.4, 0.5) is 5.69 Å². The van der Waals surface area contributed by atoms with E-state index in [0.717, 1.165) is 33.7 Å². The summed E-state index contributed by atoms with van der Waals surface area (Å²) >= 11 is 0. The summed E-state index contributed by atoms with van der Waals surface area (Å²) in [6.45, 7) is 6.14. The van der Waals surface area contributed by atoms with Crippen molar-refractivity contribution >= 4 is 11.6 Å². The molecule has 0 fully saturated rings. The standard InChI is InChI=1S/C17H20N2O2/c1-11-9-15(20-4)12(2)13(3)16(11)17(21-5)19-14-7-6-8-18-10-14/h6-10H,1-5H3/p+1. The van der Waals surface area contributed by atoms with Gasteiger partial charge in [0.2, 0.25) is 5.90 Å². The Labute approximate surface area is 125 Å². The molecule has 0 radical (unpaired) electrons. The molecule has 1 N–H and O–H groups in total. The van der Waals surface area contributed by atoms with Crippen molar-refractivity contribution in [1.82, 2.24) is 0 Å². The Hall–Kier alpha value is -2.36. The summed E-state index contributed by atoms with van der Waals surface area (Å²) in [5.74, 6) is 1.49. The van der Waals surface area contributed by atoms with E-state index in [1.165, 1.54) is 0 Å². The van der Waals surface area contributed by atoms with Gasteiger partial charge in [0.05, 0.1) is 14.2 Å². The Balaban J connectivity index is 2.58. The number of rotatable bonds is 3. The van der Waals surface area contributed by atoms with Crippen LogP contribution in [0, 0.1) is 20.8 Å². The van der Waals surface area contributed by atoms with Crippen LogP contribution in [-0.4, -0.2) is 20.1 Å². The molecule has 0 aliphatic heterocycles. The molecule has 1 aromatic carbocycles. The number of hydrogen-bond acceptors (Lipinski definition) is 3. The molecular formula is C17H21N2O2+. The summed E-state index contributed by atoms with van der Waals surface area (Å²) in [4.78, 5) is 7.61. The molecule has 0 spiro atoms. The van der Waals surface area contributed by atoms with Gasteiger partial charge in [-0.2, -0.15) is 0 Å². The maximum absolute atomic E-state index is 5.53. The van der Waals surface area contributed by atoms with Gasteiger partial charge in [0.1, 0.15) is 11.4 Å². The average molecular weight is 285 g/mol. The lowest BCUT2D eigenvalue weighted by Gasteiger charge is -2.16. The molecule has 4 nitrogen and oxygen atoms in total. The lowest BCUT2D eigenvalue weighted by Crippen LogP contribution is -2.10. The van der Waals surface area contributed by atoms with Gasteiger partial charge >= 0.3 is 0 Å². The number of aryl methyl sites for hydroxylation is 1. The van der Waals surface area contributed by atoms with Crippen molar-refractivity contribution in [3.63, 3.8) is 0 Å². The topological polar surface area (TPSA) is 45.0 Å². The zero-order chi connectivity index (χ0) is 15.4. The van der Waals surface area contributed by atoms with Crippen LogP contribution in [0.15, 0.2) is 35.6 Å². The van der Waals surface area contributed by atoms with Gasteiger partial charge in [-0.15, -0.1) is 0 Å². The van der Waals surface area contributed by atoms with Crippen LogP contribution in [-0.2, 0) is 4.74 Å². The van der Waals surface area contributed by atoms with Gasteiger partial charge in [0, 0.05) is 11.6 Å². The first-order valence-electron chi connectivity index (χ1n) is 6.82. The van der Waals surface area contributed by atoms with E-state index in [0.29, 0.717) is 5.90 Å². The van der Waals surface area contributed by atoms with Crippen LogP contribution in [0.2, 0.25) is 0 Å². The largest absolute Gasteiger partial charge is 0.496 e. The molecule has 4 heteroatoms. The summed E-state index contributed by atoms with van der Waals surface area (Å²) in [5, 5.41) is 0. The maximum atomic E-state index is 5.53. The van der Waals surface area contributed by atoms with Gasteiger partial charge in [0.15, 0.2) is 12.4 Å². The Bertz CT molecular complexity index is 664. The fourth-order valence-corrected chi connectivity index (χ4v) is 2.36. The quantitative estimate of drug-likeness (QED) is 0.642. The van der Waals surface area contributed by atoms with Gasteiger partial charge in [-0.1, -0.05) is 0 Å². The van der Waals surface area contributed by atoms with E-state index in [2.05, 4.69) is 16.9 Å². The number of H-pyrrole nitrogens is 1. The average Bonchev–Trinajstić information content (AvgIpc) is 2.50. The van der Waals surface area contributed by atoms with Crippen molar-refractivity contribution in [3.05, 3.63) is 52.8 Å². The highest BCUT2D eigenvalue weighted by Gasteiger charge is 2.16. The monoisotopic (exact) mass is 285 g/mol. The molecule has 0 atom stereocenters. The smallest absolute Gasteiger partial charge is 0.221 e. The summed E-state index contributed by atoms with van der Waals surface area (Å²) in [6.07, 6.45) is 3.68. The predicted octanol–water partition coefficient (Wildman–Crippen LogP) is 3.16. The SMILES string of the molecule is COC(=Nc1ccc[nH+]c1)c1c(C)cc(OC)c(C)c1C. The number of hydrogen-bond donors (Lipinski definition) is 0. The summed E-state index contributed by atoms with van der Waals surface area (Å²) in [5.41, 5.74) is 5.13. The minimum Gasteiger partial charge on any atom is -0.496 e. The summed E-state index contributed by atoms with van der Waals surface area (Å²) in [6, 6.07) is 5.85. The van der Waals surface area contributed by atoms with Crippen molar-refractivity contribution in [1.29, 1.82) is 0 Å². The normalized spacial score (nSPS) is 11.4. The first-order valence-corrected chi connectivity index (χ1v) is 6.82. The number of aliphatic imine (C=N–C) groups is 1. The number of nitrogens with zero attached hydrogens (tertiary/aromatic N) is 1. The van der Waals surface area contributed by atoms with Gasteiger partial charge in [-0.25, -0.2) is 9.98 Å². The molecule has 2 aromatic rings. The summed E-state index contributed by atoms with van der Waals surface area (Å²) < 4.78 is 10.9. The second-order valence-corrected chi connectivity index (χ2v) is 4.90. The molecule has 0 unspecified atom stereocenters. The van der Waals surface area contributed by atoms with Crippen LogP contribution in [0.3, 0.4) is 0 Å². The van der Waals surface area contributed by atoms with Crippen molar-refractivity contribution in [2.75, 3.05) is 14.2 Å². The molecule has 0 amide bonds. The number of methoxy groups -OCH3 is 2. The summed E-state index contributed by atoms with van der Waals surface area (Å²) in [7, 11) is 3.33. The highest BCUT2D eigenvalue weighted by molar-refractivity contribution is 5.99. The lowest BCUT2D eigenvalue weighted by molar-refractivity contribution is -0.377. The number of aromatic nitrogens is 1. The van der Waals surface area contributed by atoms with E-state index in [4.69, 9.17) is 9.47 Å². The highest BCUT2D eigenvalue weighted by Crippen LogP contribution is 2.28. The molecule has 0 bridgehead atoms. The number of pyridine rings is 1. The van der Waals surface area contributed by atoms with E-state index < -0.39 is 0 Å². The zero-order valence-electron chi connectivity index (χ0n) is 13.2. The van der Waals surface area contributed by atoms with E-state index in [1.807, 2.05) is 44.4 Å². The fraction of sp³-hybridized carbons (Fsp3) is 0.294. The van der Waals surface area contributed by atoms with Crippen LogP contribution in [0.1, 0.15) is 22.3 Å². The van der Waals surface area contributed by atoms with E-state index in [9.17, 15) is 0 Å². The number of benzene rings is 1. The van der Waals surface area contributed by atoms with E-state index >= 15 is 0 Å². The minimum atomic E-state index is 0.607. The second-order valence-electron chi connectivity index (χ2n) is 4.90. The second kappa shape index (κ2) is 6.39. The minimum absolute atomic E-state index is 0.607. The Morgan fingerprint density at radius 3 is 2.48 bits per heavy atom. The van der Waals surface area contributed by atoms with E-state index in [1.54, 1.807) is 14.2 Å². The highest BCUT2D eigenvalue weighted by atomic mass is 16.5. The van der Waals surface area contributed by atoms with Crippen LogP contribution < -0.4 is 9.72 Å². The van der Waals surface area contributed by atoms with Crippen LogP contribution in [0.25, 0.3) is 0 Å². The third-order valence-electron chi connectivity index (χ3n) is 3.60. The number of nitrogens with one attached hydrogen (secondary N) is 1. The third kappa shape index (κ3) is 3.05. The molecule has 0 aliphatic carbocycles.